The van der Waals surface area contributed by atoms with E-state index in [0.29, 0.717) is 0 Å². The average Bonchev–Trinajstić information content (AvgIpc) is 2.90. The van der Waals surface area contributed by atoms with Gasteiger partial charge in [-0.3, -0.25) is 0 Å². The number of thioether (sulfide) groups is 1. The Kier molecular flexibility index (Phi) is 3.94. The molecule has 0 amide bonds. The fourth-order valence-electron chi connectivity index (χ4n) is 2.23. The topological polar surface area (TPSA) is 64.9 Å². The molecule has 1 aromatic carbocycles. The predicted molar refractivity (Wildman–Crippen MR) is 85.2 cm³/mol. The van der Waals surface area contributed by atoms with Gasteiger partial charge < -0.3 is 10.2 Å². The van der Waals surface area contributed by atoms with E-state index in [1.54, 1.807) is 18.1 Å². The van der Waals surface area contributed by atoms with Crippen molar-refractivity contribution in [2.75, 3.05) is 0 Å². The Bertz CT molecular complexity index is 749. The molecule has 5 heteroatoms. The summed E-state index contributed by atoms with van der Waals surface area (Å²) < 4.78 is 5.75. The van der Waals surface area contributed by atoms with Crippen molar-refractivity contribution in [2.24, 2.45) is 5.73 Å². The van der Waals surface area contributed by atoms with Crippen LogP contribution in [0, 0.1) is 6.92 Å². The highest BCUT2D eigenvalue weighted by atomic mass is 32.2. The first-order valence-corrected chi connectivity index (χ1v) is 7.71. The van der Waals surface area contributed by atoms with E-state index in [-0.39, 0.29) is 11.3 Å². The Morgan fingerprint density at radius 2 is 1.95 bits per heavy atom. The maximum absolute atomic E-state index is 6.15. The van der Waals surface area contributed by atoms with Crippen LogP contribution in [0.5, 0.6) is 0 Å². The molecule has 2 unspecified atom stereocenters. The van der Waals surface area contributed by atoms with Crippen LogP contribution in [-0.4, -0.2) is 16.0 Å². The van der Waals surface area contributed by atoms with Gasteiger partial charge in [0.15, 0.2) is 0 Å². The van der Waals surface area contributed by atoms with E-state index >= 15 is 0 Å². The third kappa shape index (κ3) is 2.94. The minimum atomic E-state index is -0.0470. The first-order valence-electron chi connectivity index (χ1n) is 6.83. The molecule has 0 radical (unpaired) electrons. The number of aryl methyl sites for hydroxylation is 1. The van der Waals surface area contributed by atoms with E-state index in [4.69, 9.17) is 10.2 Å². The quantitative estimate of drug-likeness (QED) is 0.587. The van der Waals surface area contributed by atoms with E-state index in [1.807, 2.05) is 50.2 Å². The minimum Gasteiger partial charge on any atom is -0.465 e. The molecular formula is C16H17N3OS. The molecule has 108 valence electrons. The fourth-order valence-corrected chi connectivity index (χ4v) is 3.33. The number of hydrogen-bond donors (Lipinski definition) is 1. The van der Waals surface area contributed by atoms with Crippen molar-refractivity contribution in [3.63, 3.8) is 0 Å². The van der Waals surface area contributed by atoms with Crippen molar-refractivity contribution in [1.82, 2.24) is 9.97 Å². The number of fused-ring (bicyclic) bond motifs is 1. The Labute approximate surface area is 127 Å². The number of hydrogen-bond acceptors (Lipinski definition) is 5. The number of rotatable bonds is 4. The van der Waals surface area contributed by atoms with Gasteiger partial charge in [-0.1, -0.05) is 30.0 Å². The van der Waals surface area contributed by atoms with Crippen molar-refractivity contribution in [1.29, 1.82) is 0 Å². The maximum atomic E-state index is 6.15. The van der Waals surface area contributed by atoms with Gasteiger partial charge >= 0.3 is 0 Å². The van der Waals surface area contributed by atoms with Crippen molar-refractivity contribution in [3.8, 4) is 0 Å². The Balaban J connectivity index is 1.99. The fraction of sp³-hybridized carbons (Fsp3) is 0.250. The highest BCUT2D eigenvalue weighted by Crippen LogP contribution is 2.39. The Morgan fingerprint density at radius 3 is 2.67 bits per heavy atom. The molecule has 0 bridgehead atoms. The van der Waals surface area contributed by atoms with Crippen LogP contribution in [0.4, 0.5) is 0 Å². The second-order valence-corrected chi connectivity index (χ2v) is 6.17. The zero-order valence-corrected chi connectivity index (χ0v) is 12.8. The first kappa shape index (κ1) is 14.1. The van der Waals surface area contributed by atoms with Gasteiger partial charge in [0, 0.05) is 11.4 Å². The van der Waals surface area contributed by atoms with Gasteiger partial charge in [-0.25, -0.2) is 9.97 Å². The predicted octanol–water partition coefficient (Wildman–Crippen LogP) is 3.71. The van der Waals surface area contributed by atoms with Gasteiger partial charge in [-0.2, -0.15) is 0 Å². The summed E-state index contributed by atoms with van der Waals surface area (Å²) in [6, 6.07) is 11.9. The van der Waals surface area contributed by atoms with E-state index in [0.717, 1.165) is 27.4 Å². The summed E-state index contributed by atoms with van der Waals surface area (Å²) in [5.74, 6) is 1.78. The monoisotopic (exact) mass is 299 g/mol. The molecule has 3 aromatic rings. The standard InChI is InChI=1S/C16H17N3OS/c1-10-7-8-14(20-10)15(11(2)17)21-16-12-5-3-4-6-13(12)18-9-19-16/h3-9,11,15H,17H2,1-2H3. The van der Waals surface area contributed by atoms with Crippen molar-refractivity contribution in [2.45, 2.75) is 30.2 Å². The molecule has 0 spiro atoms. The highest BCUT2D eigenvalue weighted by Gasteiger charge is 2.22. The summed E-state index contributed by atoms with van der Waals surface area (Å²) in [6.45, 7) is 3.92. The molecular weight excluding hydrogens is 282 g/mol. The number of nitrogens with zero attached hydrogens (tertiary/aromatic N) is 2. The molecule has 0 fully saturated rings. The van der Waals surface area contributed by atoms with Crippen molar-refractivity contribution in [3.05, 3.63) is 54.2 Å². The van der Waals surface area contributed by atoms with Crippen LogP contribution >= 0.6 is 11.8 Å². The molecule has 2 aromatic heterocycles. The smallest absolute Gasteiger partial charge is 0.119 e. The zero-order valence-electron chi connectivity index (χ0n) is 12.0. The van der Waals surface area contributed by atoms with Crippen LogP contribution in [0.25, 0.3) is 10.9 Å². The summed E-state index contributed by atoms with van der Waals surface area (Å²) in [5.41, 5.74) is 7.08. The first-order chi connectivity index (χ1) is 10.1. The van der Waals surface area contributed by atoms with E-state index in [2.05, 4.69) is 9.97 Å². The van der Waals surface area contributed by atoms with Gasteiger partial charge in [-0.05, 0) is 32.0 Å². The number of furan rings is 1. The molecule has 4 nitrogen and oxygen atoms in total. The molecule has 0 aliphatic rings. The Hall–Kier alpha value is -1.85. The number of para-hydroxylation sites is 1. The summed E-state index contributed by atoms with van der Waals surface area (Å²) in [5, 5.41) is 1.99. The molecule has 0 aliphatic heterocycles. The molecule has 0 aliphatic carbocycles. The molecule has 0 saturated heterocycles. The molecule has 3 rings (SSSR count). The second-order valence-electron chi connectivity index (χ2n) is 5.04. The second kappa shape index (κ2) is 5.87. The molecule has 2 atom stereocenters. The summed E-state index contributed by atoms with van der Waals surface area (Å²) in [6.07, 6.45) is 1.59. The number of nitrogens with two attached hydrogens (primary N) is 1. The van der Waals surface area contributed by atoms with Gasteiger partial charge in [0.2, 0.25) is 0 Å². The van der Waals surface area contributed by atoms with Crippen molar-refractivity contribution >= 4 is 22.7 Å². The normalized spacial score (nSPS) is 14.2. The van der Waals surface area contributed by atoms with E-state index in [1.165, 1.54) is 0 Å². The molecule has 2 N–H and O–H groups in total. The van der Waals surface area contributed by atoms with Crippen LogP contribution in [0.3, 0.4) is 0 Å². The van der Waals surface area contributed by atoms with Crippen LogP contribution in [0.15, 0.2) is 52.2 Å². The van der Waals surface area contributed by atoms with E-state index < -0.39 is 0 Å². The largest absolute Gasteiger partial charge is 0.465 e. The third-order valence-corrected chi connectivity index (χ3v) is 4.73. The molecule has 0 saturated carbocycles. The van der Waals surface area contributed by atoms with E-state index in [9.17, 15) is 0 Å². The van der Waals surface area contributed by atoms with Gasteiger partial charge in [0.25, 0.3) is 0 Å². The van der Waals surface area contributed by atoms with Gasteiger partial charge in [0.1, 0.15) is 22.9 Å². The lowest BCUT2D eigenvalue weighted by Gasteiger charge is -2.18. The Morgan fingerprint density at radius 1 is 1.14 bits per heavy atom. The third-order valence-electron chi connectivity index (χ3n) is 3.26. The number of benzene rings is 1. The summed E-state index contributed by atoms with van der Waals surface area (Å²) in [4.78, 5) is 8.71. The van der Waals surface area contributed by atoms with Crippen LogP contribution in [0.1, 0.15) is 23.7 Å². The lowest BCUT2D eigenvalue weighted by Crippen LogP contribution is -2.22. The lowest BCUT2D eigenvalue weighted by molar-refractivity contribution is 0.464. The highest BCUT2D eigenvalue weighted by molar-refractivity contribution is 7.99. The zero-order chi connectivity index (χ0) is 14.8. The number of aromatic nitrogens is 2. The van der Waals surface area contributed by atoms with Gasteiger partial charge in [0.05, 0.1) is 10.8 Å². The minimum absolute atomic E-state index is 0.0250. The van der Waals surface area contributed by atoms with Crippen LogP contribution in [-0.2, 0) is 0 Å². The average molecular weight is 299 g/mol. The van der Waals surface area contributed by atoms with Crippen molar-refractivity contribution < 1.29 is 4.42 Å². The SMILES string of the molecule is Cc1ccc(C(Sc2ncnc3ccccc23)C(C)N)o1. The molecule has 2 heterocycles. The lowest BCUT2D eigenvalue weighted by atomic mass is 10.2. The summed E-state index contributed by atoms with van der Waals surface area (Å²) >= 11 is 1.62. The summed E-state index contributed by atoms with van der Waals surface area (Å²) in [7, 11) is 0. The maximum Gasteiger partial charge on any atom is 0.119 e. The van der Waals surface area contributed by atoms with Crippen LogP contribution < -0.4 is 5.73 Å². The van der Waals surface area contributed by atoms with Gasteiger partial charge in [-0.15, -0.1) is 0 Å². The van der Waals surface area contributed by atoms with Crippen LogP contribution in [0.2, 0.25) is 0 Å². The molecule has 21 heavy (non-hydrogen) atoms.